The number of aromatic nitrogens is 1. The Kier molecular flexibility index (Phi) is 2.39. The molecule has 0 aliphatic rings. The van der Waals surface area contributed by atoms with Crippen LogP contribution in [-0.2, 0) is 0 Å². The largest absolute Gasteiger partial charge is 0.488 e. The lowest BCUT2D eigenvalue weighted by Crippen LogP contribution is -2.06. The number of H-pyrrole nitrogens is 1. The molecule has 0 radical (unpaired) electrons. The summed E-state index contributed by atoms with van der Waals surface area (Å²) in [6.45, 7) is 5.71. The van der Waals surface area contributed by atoms with Gasteiger partial charge in [-0.25, -0.2) is 4.39 Å². The van der Waals surface area contributed by atoms with E-state index in [0.29, 0.717) is 5.75 Å². The van der Waals surface area contributed by atoms with Crippen molar-refractivity contribution < 1.29 is 9.13 Å². The molecule has 80 valence electrons. The van der Waals surface area contributed by atoms with Gasteiger partial charge in [-0.15, -0.1) is 0 Å². The zero-order valence-electron chi connectivity index (χ0n) is 9.10. The maximum absolute atomic E-state index is 13.5. The zero-order valence-corrected chi connectivity index (χ0v) is 9.10. The molecular weight excluding hydrogens is 193 g/mol. The van der Waals surface area contributed by atoms with E-state index in [1.807, 2.05) is 26.8 Å². The van der Waals surface area contributed by atoms with E-state index in [9.17, 15) is 4.39 Å². The molecule has 0 saturated heterocycles. The summed E-state index contributed by atoms with van der Waals surface area (Å²) in [6, 6.07) is 5.18. The minimum atomic E-state index is -0.321. The molecule has 0 aliphatic carbocycles. The molecule has 15 heavy (non-hydrogen) atoms. The van der Waals surface area contributed by atoms with E-state index in [1.165, 1.54) is 6.07 Å². The summed E-state index contributed by atoms with van der Waals surface area (Å²) >= 11 is 0. The molecule has 0 bridgehead atoms. The van der Waals surface area contributed by atoms with Crippen LogP contribution in [0.5, 0.6) is 5.75 Å². The Bertz CT molecular complexity index is 488. The number of benzene rings is 1. The monoisotopic (exact) mass is 207 g/mol. The third-order valence-corrected chi connectivity index (χ3v) is 2.17. The molecule has 2 aromatic rings. The Morgan fingerprint density at radius 1 is 1.27 bits per heavy atom. The van der Waals surface area contributed by atoms with Gasteiger partial charge in [-0.3, -0.25) is 0 Å². The van der Waals surface area contributed by atoms with Gasteiger partial charge < -0.3 is 9.72 Å². The number of aromatic amines is 1. The average molecular weight is 207 g/mol. The summed E-state index contributed by atoms with van der Waals surface area (Å²) in [5, 5.41) is 0.976. The second-order valence-corrected chi connectivity index (χ2v) is 3.99. The van der Waals surface area contributed by atoms with Crippen molar-refractivity contribution in [2.24, 2.45) is 0 Å². The first-order chi connectivity index (χ1) is 7.06. The lowest BCUT2D eigenvalue weighted by atomic mass is 10.2. The Morgan fingerprint density at radius 3 is 2.67 bits per heavy atom. The highest BCUT2D eigenvalue weighted by Crippen LogP contribution is 2.25. The lowest BCUT2D eigenvalue weighted by Gasteiger charge is -2.10. The van der Waals surface area contributed by atoms with Crippen molar-refractivity contribution in [2.45, 2.75) is 26.9 Å². The summed E-state index contributed by atoms with van der Waals surface area (Å²) in [5.74, 6) is -0.00505. The third kappa shape index (κ3) is 1.96. The molecule has 0 atom stereocenters. The Balaban J connectivity index is 2.51. The lowest BCUT2D eigenvalue weighted by molar-refractivity contribution is 0.231. The highest BCUT2D eigenvalue weighted by atomic mass is 19.1. The van der Waals surface area contributed by atoms with Crippen LogP contribution >= 0.6 is 0 Å². The third-order valence-electron chi connectivity index (χ3n) is 2.17. The molecule has 1 N–H and O–H groups in total. The Morgan fingerprint density at radius 2 is 2.00 bits per heavy atom. The van der Waals surface area contributed by atoms with Crippen LogP contribution in [0.1, 0.15) is 19.5 Å². The molecule has 2 rings (SSSR count). The molecule has 1 heterocycles. The number of hydrogen-bond acceptors (Lipinski definition) is 1. The molecule has 0 aliphatic heterocycles. The van der Waals surface area contributed by atoms with Crippen LogP contribution in [0.2, 0.25) is 0 Å². The van der Waals surface area contributed by atoms with Gasteiger partial charge in [0.15, 0.2) is 11.6 Å². The highest BCUT2D eigenvalue weighted by molar-refractivity contribution is 5.82. The van der Waals surface area contributed by atoms with Gasteiger partial charge in [-0.1, -0.05) is 0 Å². The van der Waals surface area contributed by atoms with Gasteiger partial charge in [0.05, 0.1) is 6.10 Å². The van der Waals surface area contributed by atoms with Crippen molar-refractivity contribution >= 4 is 10.9 Å². The number of nitrogens with one attached hydrogen (secondary N) is 1. The van der Waals surface area contributed by atoms with Gasteiger partial charge in [0.25, 0.3) is 0 Å². The predicted octanol–water partition coefficient (Wildman–Crippen LogP) is 3.40. The van der Waals surface area contributed by atoms with E-state index >= 15 is 0 Å². The number of fused-ring (bicyclic) bond motifs is 1. The van der Waals surface area contributed by atoms with Crippen LogP contribution in [-0.4, -0.2) is 11.1 Å². The number of hydrogen-bond donors (Lipinski definition) is 1. The normalized spacial score (nSPS) is 11.3. The fourth-order valence-corrected chi connectivity index (χ4v) is 1.62. The molecule has 0 spiro atoms. The maximum Gasteiger partial charge on any atom is 0.167 e. The van der Waals surface area contributed by atoms with E-state index in [1.54, 1.807) is 6.07 Å². The van der Waals surface area contributed by atoms with Crippen LogP contribution in [0, 0.1) is 12.7 Å². The van der Waals surface area contributed by atoms with Crippen LogP contribution in [0.3, 0.4) is 0 Å². The summed E-state index contributed by atoms with van der Waals surface area (Å²) in [7, 11) is 0. The van der Waals surface area contributed by atoms with Gasteiger partial charge in [0.2, 0.25) is 0 Å². The summed E-state index contributed by atoms with van der Waals surface area (Å²) in [4.78, 5) is 3.08. The number of aryl methyl sites for hydroxylation is 1. The standard InChI is InChI=1S/C12H14FNO/c1-7(2)15-12-5-9-4-8(3)14-11(9)6-10(12)13/h4-7,14H,1-3H3. The van der Waals surface area contributed by atoms with Gasteiger partial charge in [-0.05, 0) is 32.9 Å². The van der Waals surface area contributed by atoms with E-state index in [-0.39, 0.29) is 11.9 Å². The molecule has 0 amide bonds. The molecule has 3 heteroatoms. The van der Waals surface area contributed by atoms with Crippen molar-refractivity contribution in [3.8, 4) is 5.75 Å². The molecule has 0 unspecified atom stereocenters. The predicted molar refractivity (Wildman–Crippen MR) is 58.8 cm³/mol. The van der Waals surface area contributed by atoms with Crippen molar-refractivity contribution in [3.05, 3.63) is 29.7 Å². The maximum atomic E-state index is 13.5. The molecule has 1 aromatic heterocycles. The molecule has 0 fully saturated rings. The van der Waals surface area contributed by atoms with Crippen molar-refractivity contribution in [1.29, 1.82) is 0 Å². The zero-order chi connectivity index (χ0) is 11.0. The fraction of sp³-hybridized carbons (Fsp3) is 0.333. The van der Waals surface area contributed by atoms with Crippen molar-refractivity contribution in [1.82, 2.24) is 4.98 Å². The highest BCUT2D eigenvalue weighted by Gasteiger charge is 2.08. The Labute approximate surface area is 88.1 Å². The van der Waals surface area contributed by atoms with Gasteiger partial charge >= 0.3 is 0 Å². The van der Waals surface area contributed by atoms with Gasteiger partial charge in [0.1, 0.15) is 0 Å². The number of rotatable bonds is 2. The van der Waals surface area contributed by atoms with Crippen LogP contribution in [0.4, 0.5) is 4.39 Å². The second kappa shape index (κ2) is 3.57. The topological polar surface area (TPSA) is 25.0 Å². The van der Waals surface area contributed by atoms with E-state index < -0.39 is 0 Å². The molecule has 2 nitrogen and oxygen atoms in total. The first-order valence-corrected chi connectivity index (χ1v) is 5.02. The Hall–Kier alpha value is -1.51. The van der Waals surface area contributed by atoms with Crippen LogP contribution in [0.25, 0.3) is 10.9 Å². The van der Waals surface area contributed by atoms with Crippen molar-refractivity contribution in [2.75, 3.05) is 0 Å². The molecule has 0 saturated carbocycles. The first kappa shape index (κ1) is 10.0. The van der Waals surface area contributed by atoms with E-state index in [0.717, 1.165) is 16.6 Å². The van der Waals surface area contributed by atoms with Crippen LogP contribution in [0.15, 0.2) is 18.2 Å². The van der Waals surface area contributed by atoms with Gasteiger partial charge in [0, 0.05) is 22.7 Å². The van der Waals surface area contributed by atoms with E-state index in [2.05, 4.69) is 4.98 Å². The summed E-state index contributed by atoms with van der Waals surface area (Å²) in [6.07, 6.45) is -0.0167. The minimum absolute atomic E-state index is 0.0167. The molecular formula is C12H14FNO. The summed E-state index contributed by atoms with van der Waals surface area (Å²) in [5.41, 5.74) is 1.83. The smallest absolute Gasteiger partial charge is 0.167 e. The number of ether oxygens (including phenoxy) is 1. The van der Waals surface area contributed by atoms with Gasteiger partial charge in [-0.2, -0.15) is 0 Å². The quantitative estimate of drug-likeness (QED) is 0.802. The minimum Gasteiger partial charge on any atom is -0.488 e. The van der Waals surface area contributed by atoms with E-state index in [4.69, 9.17) is 4.74 Å². The SMILES string of the molecule is Cc1cc2cc(OC(C)C)c(F)cc2[nH]1. The number of halogens is 1. The first-order valence-electron chi connectivity index (χ1n) is 5.02. The van der Waals surface area contributed by atoms with Crippen LogP contribution < -0.4 is 4.74 Å². The second-order valence-electron chi connectivity index (χ2n) is 3.99. The average Bonchev–Trinajstić information content (AvgIpc) is 2.44. The van der Waals surface area contributed by atoms with Crippen molar-refractivity contribution in [3.63, 3.8) is 0 Å². The fourth-order valence-electron chi connectivity index (χ4n) is 1.62. The molecule has 1 aromatic carbocycles. The summed E-state index contributed by atoms with van der Waals surface area (Å²) < 4.78 is 18.9.